The van der Waals surface area contributed by atoms with Crippen molar-refractivity contribution in [2.75, 3.05) is 12.4 Å². The minimum Gasteiger partial charge on any atom is -0.379 e. The van der Waals surface area contributed by atoms with Gasteiger partial charge < -0.3 is 4.74 Å². The van der Waals surface area contributed by atoms with Crippen LogP contribution in [0, 0.1) is 5.92 Å². The number of hydrogen-bond donors (Lipinski definition) is 0. The summed E-state index contributed by atoms with van der Waals surface area (Å²) >= 11 is 3.40. The molecule has 0 aromatic heterocycles. The molecule has 1 unspecified atom stereocenters. The van der Waals surface area contributed by atoms with Gasteiger partial charge in [-0.15, -0.1) is 0 Å². The van der Waals surface area contributed by atoms with E-state index in [1.54, 1.807) is 7.11 Å². The Morgan fingerprint density at radius 2 is 2.06 bits per heavy atom. The van der Waals surface area contributed by atoms with Crippen LogP contribution in [0.2, 0.25) is 0 Å². The van der Waals surface area contributed by atoms with E-state index in [0.29, 0.717) is 0 Å². The molecule has 0 rings (SSSR count). The van der Waals surface area contributed by atoms with Crippen molar-refractivity contribution in [3.8, 4) is 0 Å². The van der Waals surface area contributed by atoms with Gasteiger partial charge in [0.15, 0.2) is 0 Å². The van der Waals surface area contributed by atoms with Gasteiger partial charge in [0.1, 0.15) is 0 Å². The van der Waals surface area contributed by atoms with Crippen LogP contribution >= 0.6 is 15.9 Å². The maximum absolute atomic E-state index is 5.43. The van der Waals surface area contributed by atoms with E-state index in [1.807, 2.05) is 0 Å². The zero-order chi connectivity index (χ0) is 13.3. The van der Waals surface area contributed by atoms with Crippen molar-refractivity contribution >= 4 is 15.9 Å². The van der Waals surface area contributed by atoms with Gasteiger partial charge in [0.05, 0.1) is 5.60 Å². The Hall–Kier alpha value is -0.0800. The molecule has 0 saturated carbocycles. The molecular formula is C15H27BrO. The Morgan fingerprint density at radius 3 is 2.59 bits per heavy atom. The lowest BCUT2D eigenvalue weighted by Gasteiger charge is -2.24. The number of ether oxygens (including phenoxy) is 1. The first kappa shape index (κ1) is 16.9. The van der Waals surface area contributed by atoms with Gasteiger partial charge in [-0.1, -0.05) is 46.7 Å². The zero-order valence-corrected chi connectivity index (χ0v) is 13.5. The minimum atomic E-state index is 0.0176. The maximum atomic E-state index is 5.43. The molecule has 0 bridgehead atoms. The molecule has 1 nitrogen and oxygen atoms in total. The lowest BCUT2D eigenvalue weighted by atomic mass is 9.94. The van der Waals surface area contributed by atoms with Crippen molar-refractivity contribution in [2.24, 2.45) is 5.92 Å². The van der Waals surface area contributed by atoms with Gasteiger partial charge in [0, 0.05) is 12.4 Å². The fourth-order valence-corrected chi connectivity index (χ4v) is 2.00. The van der Waals surface area contributed by atoms with Crippen LogP contribution in [0.25, 0.3) is 0 Å². The van der Waals surface area contributed by atoms with Crippen molar-refractivity contribution in [1.29, 1.82) is 0 Å². The van der Waals surface area contributed by atoms with Crippen LogP contribution < -0.4 is 0 Å². The average Bonchev–Trinajstić information content (AvgIpc) is 2.27. The third-order valence-electron chi connectivity index (χ3n) is 3.11. The molecule has 0 amide bonds. The van der Waals surface area contributed by atoms with Gasteiger partial charge >= 0.3 is 0 Å². The maximum Gasteiger partial charge on any atom is 0.0622 e. The number of methoxy groups -OCH3 is 1. The van der Waals surface area contributed by atoms with Gasteiger partial charge in [-0.25, -0.2) is 0 Å². The monoisotopic (exact) mass is 302 g/mol. The number of halogens is 1. The molecule has 17 heavy (non-hydrogen) atoms. The first-order chi connectivity index (χ1) is 7.91. The van der Waals surface area contributed by atoms with Crippen LogP contribution in [0.3, 0.4) is 0 Å². The Kier molecular flexibility index (Phi) is 8.89. The van der Waals surface area contributed by atoms with Crippen molar-refractivity contribution in [3.05, 3.63) is 23.8 Å². The van der Waals surface area contributed by atoms with E-state index in [4.69, 9.17) is 4.74 Å². The second kappa shape index (κ2) is 8.93. The summed E-state index contributed by atoms with van der Waals surface area (Å²) < 4.78 is 5.43. The van der Waals surface area contributed by atoms with Crippen molar-refractivity contribution in [2.45, 2.75) is 52.6 Å². The summed E-state index contributed by atoms with van der Waals surface area (Å²) in [6, 6.07) is 0. The van der Waals surface area contributed by atoms with E-state index < -0.39 is 0 Å². The lowest BCUT2D eigenvalue weighted by Crippen LogP contribution is -2.22. The highest BCUT2D eigenvalue weighted by atomic mass is 79.9. The van der Waals surface area contributed by atoms with Crippen molar-refractivity contribution < 1.29 is 4.74 Å². The molecule has 0 N–H and O–H groups in total. The summed E-state index contributed by atoms with van der Waals surface area (Å²) in [5.74, 6) is 0.720. The summed E-state index contributed by atoms with van der Waals surface area (Å²) in [4.78, 5) is 0. The molecule has 1 atom stereocenters. The fourth-order valence-electron chi connectivity index (χ4n) is 1.49. The lowest BCUT2D eigenvalue weighted by molar-refractivity contribution is 0.0109. The molecule has 0 aliphatic carbocycles. The SMILES string of the molecule is COC(C)(C)CCC(C)C/C=C/C(C)=C/CBr. The van der Waals surface area contributed by atoms with Gasteiger partial charge in [0.2, 0.25) is 0 Å². The second-order valence-corrected chi connectivity index (χ2v) is 6.00. The van der Waals surface area contributed by atoms with E-state index >= 15 is 0 Å². The molecule has 0 aliphatic rings. The topological polar surface area (TPSA) is 9.23 Å². The number of allylic oxidation sites excluding steroid dienone is 4. The zero-order valence-electron chi connectivity index (χ0n) is 11.9. The normalized spacial score (nSPS) is 15.5. The van der Waals surface area contributed by atoms with Crippen LogP contribution in [0.5, 0.6) is 0 Å². The minimum absolute atomic E-state index is 0.0176. The van der Waals surface area contributed by atoms with E-state index in [-0.39, 0.29) is 5.60 Å². The summed E-state index contributed by atoms with van der Waals surface area (Å²) in [7, 11) is 1.79. The summed E-state index contributed by atoms with van der Waals surface area (Å²) in [6.07, 6.45) is 10.1. The highest BCUT2D eigenvalue weighted by Gasteiger charge is 2.16. The Morgan fingerprint density at radius 1 is 1.41 bits per heavy atom. The first-order valence-electron chi connectivity index (χ1n) is 6.35. The van der Waals surface area contributed by atoms with Gasteiger partial charge in [0.25, 0.3) is 0 Å². The first-order valence-corrected chi connectivity index (χ1v) is 7.48. The fraction of sp³-hybridized carbons (Fsp3) is 0.733. The van der Waals surface area contributed by atoms with Gasteiger partial charge in [-0.3, -0.25) is 0 Å². The van der Waals surface area contributed by atoms with E-state index in [0.717, 1.165) is 24.1 Å². The Balaban J connectivity index is 3.88. The van der Waals surface area contributed by atoms with Crippen LogP contribution in [-0.4, -0.2) is 18.0 Å². The van der Waals surface area contributed by atoms with Crippen molar-refractivity contribution in [1.82, 2.24) is 0 Å². The molecule has 0 aromatic carbocycles. The smallest absolute Gasteiger partial charge is 0.0622 e. The summed E-state index contributed by atoms with van der Waals surface area (Å²) in [5, 5.41) is 0.931. The molecule has 0 aromatic rings. The average molecular weight is 303 g/mol. The van der Waals surface area contributed by atoms with Crippen LogP contribution in [0.4, 0.5) is 0 Å². The number of alkyl halides is 1. The highest BCUT2D eigenvalue weighted by molar-refractivity contribution is 9.09. The summed E-state index contributed by atoms with van der Waals surface area (Å²) in [5.41, 5.74) is 1.34. The predicted octanol–water partition coefficient (Wildman–Crippen LogP) is 5.12. The van der Waals surface area contributed by atoms with Gasteiger partial charge in [-0.05, 0) is 46.0 Å². The Labute approximate surface area is 115 Å². The largest absolute Gasteiger partial charge is 0.379 e. The highest BCUT2D eigenvalue weighted by Crippen LogP contribution is 2.21. The molecule has 0 radical (unpaired) electrons. The molecule has 0 spiro atoms. The summed E-state index contributed by atoms with van der Waals surface area (Å²) in [6.45, 7) is 8.74. The van der Waals surface area contributed by atoms with Crippen molar-refractivity contribution in [3.63, 3.8) is 0 Å². The standard InChI is InChI=1S/C15H27BrO/c1-13(9-11-15(3,4)17-5)7-6-8-14(2)10-12-16/h6,8,10,13H,7,9,11-12H2,1-5H3/b8-6+,14-10+. The third-order valence-corrected chi connectivity index (χ3v) is 3.43. The molecule has 0 saturated heterocycles. The second-order valence-electron chi connectivity index (χ2n) is 5.35. The molecule has 0 aliphatic heterocycles. The number of hydrogen-bond acceptors (Lipinski definition) is 1. The van der Waals surface area contributed by atoms with Crippen LogP contribution in [0.1, 0.15) is 47.0 Å². The predicted molar refractivity (Wildman–Crippen MR) is 80.8 cm³/mol. The number of rotatable bonds is 8. The van der Waals surface area contributed by atoms with Crippen LogP contribution in [-0.2, 0) is 4.74 Å². The van der Waals surface area contributed by atoms with Gasteiger partial charge in [-0.2, -0.15) is 0 Å². The van der Waals surface area contributed by atoms with E-state index in [2.05, 4.69) is 61.9 Å². The third kappa shape index (κ3) is 9.61. The van der Waals surface area contributed by atoms with E-state index in [1.165, 1.54) is 12.0 Å². The van der Waals surface area contributed by atoms with E-state index in [9.17, 15) is 0 Å². The Bertz CT molecular complexity index is 254. The quantitative estimate of drug-likeness (QED) is 0.447. The van der Waals surface area contributed by atoms with Crippen LogP contribution in [0.15, 0.2) is 23.8 Å². The molecule has 0 heterocycles. The molecule has 100 valence electrons. The molecular weight excluding hydrogens is 276 g/mol. The molecule has 0 fully saturated rings. The molecule has 2 heteroatoms.